The second-order valence-corrected chi connectivity index (χ2v) is 4.14. The molecule has 0 bridgehead atoms. The van der Waals surface area contributed by atoms with Crippen LogP contribution in [0.1, 0.15) is 33.3 Å². The lowest BCUT2D eigenvalue weighted by Gasteiger charge is -2.01. The Morgan fingerprint density at radius 3 is 2.43 bits per heavy atom. The second-order valence-electron chi connectivity index (χ2n) is 2.82. The molecule has 1 rings (SSSR count). The summed E-state index contributed by atoms with van der Waals surface area (Å²) in [5.41, 5.74) is 1.32. The third-order valence-corrected chi connectivity index (χ3v) is 2.72. The molecule has 0 radical (unpaired) electrons. The Balaban J connectivity index is 0.000000791. The number of hydrogen-bond donors (Lipinski definition) is 0. The number of rotatable bonds is 2. The van der Waals surface area contributed by atoms with E-state index < -0.39 is 0 Å². The normalized spacial score (nSPS) is 10.5. The van der Waals surface area contributed by atoms with Gasteiger partial charge in [-0.1, -0.05) is 49.4 Å². The highest BCUT2D eigenvalue weighted by atomic mass is 32.2. The van der Waals surface area contributed by atoms with E-state index in [-0.39, 0.29) is 0 Å². The highest BCUT2D eigenvalue weighted by Crippen LogP contribution is 2.26. The molecule has 0 atom stereocenters. The van der Waals surface area contributed by atoms with Gasteiger partial charge >= 0.3 is 0 Å². The topological polar surface area (TPSA) is 0 Å². The van der Waals surface area contributed by atoms with Gasteiger partial charge in [-0.3, -0.25) is 0 Å². The van der Waals surface area contributed by atoms with Crippen LogP contribution in [-0.4, -0.2) is 0 Å². The van der Waals surface area contributed by atoms with Crippen molar-refractivity contribution in [3.8, 4) is 0 Å². The average molecular weight is 208 g/mol. The quantitative estimate of drug-likeness (QED) is 0.614. The summed E-state index contributed by atoms with van der Waals surface area (Å²) in [6.45, 7) is 10.3. The molecular formula is C13H20S. The molecule has 0 saturated carbocycles. The molecule has 0 aliphatic heterocycles. The molecule has 0 spiro atoms. The maximum atomic E-state index is 2.21. The zero-order valence-electron chi connectivity index (χ0n) is 9.79. The highest BCUT2D eigenvalue weighted by molar-refractivity contribution is 8.03. The van der Waals surface area contributed by atoms with Crippen molar-refractivity contribution in [3.63, 3.8) is 0 Å². The fraction of sp³-hybridized carbons (Fsp3) is 0.385. The third kappa shape index (κ3) is 5.13. The summed E-state index contributed by atoms with van der Waals surface area (Å²) in [6.07, 6.45) is 2.13. The van der Waals surface area contributed by atoms with Crippen molar-refractivity contribution >= 4 is 11.8 Å². The monoisotopic (exact) mass is 208 g/mol. The van der Waals surface area contributed by atoms with Crippen molar-refractivity contribution in [3.05, 3.63) is 40.8 Å². The van der Waals surface area contributed by atoms with Gasteiger partial charge in [0.15, 0.2) is 0 Å². The Morgan fingerprint density at radius 2 is 1.93 bits per heavy atom. The summed E-state index contributed by atoms with van der Waals surface area (Å²) < 4.78 is 0. The van der Waals surface area contributed by atoms with E-state index in [1.54, 1.807) is 0 Å². The molecule has 0 N–H and O–H groups in total. The zero-order valence-corrected chi connectivity index (χ0v) is 10.6. The number of benzene rings is 1. The van der Waals surface area contributed by atoms with Crippen LogP contribution in [0.2, 0.25) is 0 Å². The van der Waals surface area contributed by atoms with Crippen LogP contribution in [0, 0.1) is 6.92 Å². The van der Waals surface area contributed by atoms with E-state index in [1.165, 1.54) is 15.4 Å². The molecule has 0 heterocycles. The van der Waals surface area contributed by atoms with Gasteiger partial charge in [-0.05, 0) is 37.8 Å². The molecule has 0 aliphatic rings. The first-order valence-corrected chi connectivity index (χ1v) is 5.91. The Labute approximate surface area is 92.4 Å². The molecule has 1 aromatic rings. The average Bonchev–Trinajstić information content (AvgIpc) is 2.21. The second kappa shape index (κ2) is 7.69. The number of aryl methyl sites for hydroxylation is 1. The number of hydrogen-bond acceptors (Lipinski definition) is 1. The van der Waals surface area contributed by atoms with Crippen molar-refractivity contribution in [2.45, 2.75) is 39.5 Å². The van der Waals surface area contributed by atoms with Gasteiger partial charge in [-0.2, -0.15) is 0 Å². The summed E-state index contributed by atoms with van der Waals surface area (Å²) in [5, 5.41) is 0. The molecular weight excluding hydrogens is 188 g/mol. The minimum atomic E-state index is 1.32. The van der Waals surface area contributed by atoms with Gasteiger partial charge in [-0.25, -0.2) is 0 Å². The SMILES string of the molecule is C/C=C(/C)Sc1cccc(C)c1.CC. The fourth-order valence-corrected chi connectivity index (χ4v) is 1.80. The van der Waals surface area contributed by atoms with Crippen molar-refractivity contribution in [1.82, 2.24) is 0 Å². The van der Waals surface area contributed by atoms with E-state index in [9.17, 15) is 0 Å². The number of thioether (sulfide) groups is 1. The Hall–Kier alpha value is -0.690. The van der Waals surface area contributed by atoms with Crippen molar-refractivity contribution in [2.24, 2.45) is 0 Å². The summed E-state index contributed by atoms with van der Waals surface area (Å²) >= 11 is 1.82. The fourth-order valence-electron chi connectivity index (χ4n) is 0.924. The molecule has 1 aromatic carbocycles. The Kier molecular flexibility index (Phi) is 7.31. The lowest BCUT2D eigenvalue weighted by Crippen LogP contribution is -1.74. The predicted molar refractivity (Wildman–Crippen MR) is 67.8 cm³/mol. The van der Waals surface area contributed by atoms with E-state index in [0.29, 0.717) is 0 Å². The predicted octanol–water partition coefficient (Wildman–Crippen LogP) is 5.04. The van der Waals surface area contributed by atoms with E-state index in [4.69, 9.17) is 0 Å². The first-order valence-electron chi connectivity index (χ1n) is 5.10. The van der Waals surface area contributed by atoms with Gasteiger partial charge in [0.25, 0.3) is 0 Å². The van der Waals surface area contributed by atoms with Gasteiger partial charge < -0.3 is 0 Å². The lowest BCUT2D eigenvalue weighted by molar-refractivity contribution is 1.36. The molecule has 14 heavy (non-hydrogen) atoms. The molecule has 0 saturated heterocycles. The molecule has 0 aliphatic carbocycles. The lowest BCUT2D eigenvalue weighted by atomic mass is 10.2. The smallest absolute Gasteiger partial charge is 0.0121 e. The minimum absolute atomic E-state index is 1.32. The summed E-state index contributed by atoms with van der Waals surface area (Å²) in [7, 11) is 0. The third-order valence-electron chi connectivity index (χ3n) is 1.67. The number of allylic oxidation sites excluding steroid dienone is 2. The van der Waals surface area contributed by atoms with Crippen molar-refractivity contribution in [1.29, 1.82) is 0 Å². The van der Waals surface area contributed by atoms with Gasteiger partial charge in [-0.15, -0.1) is 0 Å². The molecule has 0 unspecified atom stereocenters. The van der Waals surface area contributed by atoms with Crippen LogP contribution in [0.25, 0.3) is 0 Å². The van der Waals surface area contributed by atoms with E-state index in [2.05, 4.69) is 51.1 Å². The maximum absolute atomic E-state index is 2.21. The first kappa shape index (κ1) is 13.3. The van der Waals surface area contributed by atoms with Crippen molar-refractivity contribution in [2.75, 3.05) is 0 Å². The largest absolute Gasteiger partial charge is 0.0952 e. The minimum Gasteiger partial charge on any atom is -0.0952 e. The molecule has 0 nitrogen and oxygen atoms in total. The van der Waals surface area contributed by atoms with Gasteiger partial charge in [0.05, 0.1) is 0 Å². The van der Waals surface area contributed by atoms with Crippen LogP contribution < -0.4 is 0 Å². The molecule has 0 amide bonds. The highest BCUT2D eigenvalue weighted by Gasteiger charge is 1.93. The van der Waals surface area contributed by atoms with E-state index in [0.717, 1.165) is 0 Å². The summed E-state index contributed by atoms with van der Waals surface area (Å²) in [4.78, 5) is 2.67. The molecule has 0 aromatic heterocycles. The Morgan fingerprint density at radius 1 is 1.29 bits per heavy atom. The van der Waals surface area contributed by atoms with Crippen LogP contribution in [0.4, 0.5) is 0 Å². The van der Waals surface area contributed by atoms with Gasteiger partial charge in [0.1, 0.15) is 0 Å². The standard InChI is InChI=1S/C11H14S.C2H6/c1-4-10(3)12-11-7-5-6-9(2)8-11;1-2/h4-8H,1-3H3;1-2H3/b10-4-;. The van der Waals surface area contributed by atoms with Crippen LogP contribution in [0.15, 0.2) is 40.1 Å². The molecule has 78 valence electrons. The van der Waals surface area contributed by atoms with Crippen LogP contribution in [-0.2, 0) is 0 Å². The van der Waals surface area contributed by atoms with Gasteiger partial charge in [0, 0.05) is 4.90 Å². The summed E-state index contributed by atoms with van der Waals surface area (Å²) in [6, 6.07) is 8.57. The first-order chi connectivity index (χ1) is 6.72. The van der Waals surface area contributed by atoms with Crippen LogP contribution in [0.5, 0.6) is 0 Å². The maximum Gasteiger partial charge on any atom is 0.0121 e. The van der Waals surface area contributed by atoms with E-state index in [1.807, 2.05) is 25.6 Å². The van der Waals surface area contributed by atoms with Crippen LogP contribution >= 0.6 is 11.8 Å². The molecule has 0 fully saturated rings. The molecule has 1 heteroatoms. The zero-order chi connectivity index (χ0) is 11.0. The van der Waals surface area contributed by atoms with E-state index >= 15 is 0 Å². The Bertz CT molecular complexity index is 287. The summed E-state index contributed by atoms with van der Waals surface area (Å²) in [5.74, 6) is 0. The van der Waals surface area contributed by atoms with Gasteiger partial charge in [0.2, 0.25) is 0 Å². The van der Waals surface area contributed by atoms with Crippen molar-refractivity contribution < 1.29 is 0 Å². The van der Waals surface area contributed by atoms with Crippen LogP contribution in [0.3, 0.4) is 0 Å².